The molecule has 0 saturated carbocycles. The summed E-state index contributed by atoms with van der Waals surface area (Å²) in [5, 5.41) is 3.61. The molecule has 2 heteroatoms. The Morgan fingerprint density at radius 2 is 1.81 bits per heavy atom. The van der Waals surface area contributed by atoms with E-state index < -0.39 is 0 Å². The molecule has 1 N–H and O–H groups in total. The van der Waals surface area contributed by atoms with Crippen molar-refractivity contribution in [3.8, 4) is 0 Å². The van der Waals surface area contributed by atoms with Gasteiger partial charge in [-0.2, -0.15) is 0 Å². The molecule has 0 bridgehead atoms. The first kappa shape index (κ1) is 15.7. The summed E-state index contributed by atoms with van der Waals surface area (Å²) >= 11 is 0. The topological polar surface area (TPSA) is 12.0 Å². The molecule has 21 heavy (non-hydrogen) atoms. The van der Waals surface area contributed by atoms with Crippen molar-refractivity contribution in [3.63, 3.8) is 0 Å². The average Bonchev–Trinajstić information content (AvgIpc) is 2.51. The second-order valence-electron chi connectivity index (χ2n) is 5.61. The summed E-state index contributed by atoms with van der Waals surface area (Å²) in [7, 11) is 0. The van der Waals surface area contributed by atoms with E-state index in [2.05, 4.69) is 43.4 Å². The predicted octanol–water partition coefficient (Wildman–Crippen LogP) is 4.89. The highest BCUT2D eigenvalue weighted by Gasteiger charge is 2.13. The average molecular weight is 285 g/mol. The molecule has 0 aliphatic heterocycles. The molecule has 112 valence electrons. The van der Waals surface area contributed by atoms with Gasteiger partial charge in [-0.25, -0.2) is 4.39 Å². The van der Waals surface area contributed by atoms with Crippen LogP contribution in [0.2, 0.25) is 0 Å². The highest BCUT2D eigenvalue weighted by Crippen LogP contribution is 2.19. The van der Waals surface area contributed by atoms with Gasteiger partial charge in [0.15, 0.2) is 0 Å². The number of benzene rings is 2. The van der Waals surface area contributed by atoms with Gasteiger partial charge in [-0.1, -0.05) is 49.4 Å². The Morgan fingerprint density at radius 3 is 2.48 bits per heavy atom. The van der Waals surface area contributed by atoms with Crippen molar-refractivity contribution in [2.45, 2.75) is 45.2 Å². The fraction of sp³-hybridized carbons (Fsp3) is 0.368. The van der Waals surface area contributed by atoms with Crippen LogP contribution in [0, 0.1) is 5.82 Å². The third-order valence-electron chi connectivity index (χ3n) is 3.85. The molecule has 0 saturated heterocycles. The lowest BCUT2D eigenvalue weighted by molar-refractivity contribution is 0.426. The van der Waals surface area contributed by atoms with E-state index in [9.17, 15) is 4.39 Å². The summed E-state index contributed by atoms with van der Waals surface area (Å²) in [5.74, 6) is -0.162. The molecule has 2 atom stereocenters. The van der Waals surface area contributed by atoms with Crippen molar-refractivity contribution in [1.29, 1.82) is 0 Å². The zero-order valence-corrected chi connectivity index (χ0v) is 12.9. The molecule has 2 rings (SSSR count). The quantitative estimate of drug-likeness (QED) is 0.764. The fourth-order valence-electron chi connectivity index (χ4n) is 2.63. The van der Waals surface area contributed by atoms with Gasteiger partial charge in [0.05, 0.1) is 0 Å². The standard InChI is InChI=1S/C19H24FN/c1-3-19(17-10-7-11-18(20)14-17)21-15(2)12-13-16-8-5-4-6-9-16/h4-11,14-15,19,21H,3,12-13H2,1-2H3. The largest absolute Gasteiger partial charge is 0.307 e. The van der Waals surface area contributed by atoms with E-state index in [0.29, 0.717) is 6.04 Å². The number of halogens is 1. The van der Waals surface area contributed by atoms with Crippen LogP contribution < -0.4 is 5.32 Å². The van der Waals surface area contributed by atoms with Crippen molar-refractivity contribution in [3.05, 3.63) is 71.5 Å². The fourth-order valence-corrected chi connectivity index (χ4v) is 2.63. The normalized spacial score (nSPS) is 13.9. The summed E-state index contributed by atoms with van der Waals surface area (Å²) in [4.78, 5) is 0. The Kier molecular flexibility index (Phi) is 5.94. The zero-order chi connectivity index (χ0) is 15.1. The van der Waals surface area contributed by atoms with Gasteiger partial charge < -0.3 is 5.32 Å². The zero-order valence-electron chi connectivity index (χ0n) is 12.9. The van der Waals surface area contributed by atoms with Crippen LogP contribution in [-0.4, -0.2) is 6.04 Å². The lowest BCUT2D eigenvalue weighted by Crippen LogP contribution is -2.30. The maximum absolute atomic E-state index is 13.3. The molecule has 1 nitrogen and oxygen atoms in total. The first-order chi connectivity index (χ1) is 10.2. The molecular formula is C19H24FN. The van der Waals surface area contributed by atoms with Gasteiger partial charge in [-0.05, 0) is 49.4 Å². The highest BCUT2D eigenvalue weighted by atomic mass is 19.1. The Labute approximate surface area is 127 Å². The van der Waals surface area contributed by atoms with Crippen molar-refractivity contribution in [2.24, 2.45) is 0 Å². The van der Waals surface area contributed by atoms with E-state index >= 15 is 0 Å². The van der Waals surface area contributed by atoms with Crippen LogP contribution in [0.5, 0.6) is 0 Å². The number of rotatable bonds is 7. The molecule has 0 fully saturated rings. The van der Waals surface area contributed by atoms with Crippen LogP contribution in [0.1, 0.15) is 43.9 Å². The molecule has 0 heterocycles. The van der Waals surface area contributed by atoms with Gasteiger partial charge in [-0.3, -0.25) is 0 Å². The molecule has 2 aromatic carbocycles. The van der Waals surface area contributed by atoms with Gasteiger partial charge in [0.1, 0.15) is 5.82 Å². The molecule has 0 amide bonds. The highest BCUT2D eigenvalue weighted by molar-refractivity contribution is 5.20. The minimum atomic E-state index is -0.162. The number of hydrogen-bond donors (Lipinski definition) is 1. The van der Waals surface area contributed by atoms with Crippen LogP contribution >= 0.6 is 0 Å². The Hall–Kier alpha value is -1.67. The number of hydrogen-bond acceptors (Lipinski definition) is 1. The summed E-state index contributed by atoms with van der Waals surface area (Å²) in [6.07, 6.45) is 3.10. The molecule has 2 unspecified atom stereocenters. The molecule has 0 aliphatic carbocycles. The maximum atomic E-state index is 13.3. The molecule has 0 aromatic heterocycles. The van der Waals surface area contributed by atoms with Crippen molar-refractivity contribution >= 4 is 0 Å². The monoisotopic (exact) mass is 285 g/mol. The minimum absolute atomic E-state index is 0.162. The number of nitrogens with one attached hydrogen (secondary N) is 1. The van der Waals surface area contributed by atoms with Crippen LogP contribution in [0.15, 0.2) is 54.6 Å². The molecule has 2 aromatic rings. The van der Waals surface area contributed by atoms with Crippen LogP contribution in [0.3, 0.4) is 0 Å². The van der Waals surface area contributed by atoms with E-state index in [1.54, 1.807) is 12.1 Å². The van der Waals surface area contributed by atoms with Crippen molar-refractivity contribution < 1.29 is 4.39 Å². The summed E-state index contributed by atoms with van der Waals surface area (Å²) in [6.45, 7) is 4.33. The second-order valence-corrected chi connectivity index (χ2v) is 5.61. The summed E-state index contributed by atoms with van der Waals surface area (Å²) < 4.78 is 13.3. The van der Waals surface area contributed by atoms with Gasteiger partial charge >= 0.3 is 0 Å². The summed E-state index contributed by atoms with van der Waals surface area (Å²) in [6, 6.07) is 18.0. The van der Waals surface area contributed by atoms with Gasteiger partial charge in [-0.15, -0.1) is 0 Å². The van der Waals surface area contributed by atoms with E-state index in [-0.39, 0.29) is 11.9 Å². The Bertz CT molecular complexity index is 538. The number of aryl methyl sites for hydroxylation is 1. The second kappa shape index (κ2) is 7.94. The third kappa shape index (κ3) is 4.98. The minimum Gasteiger partial charge on any atom is -0.307 e. The lowest BCUT2D eigenvalue weighted by atomic mass is 10.0. The van der Waals surface area contributed by atoms with Gasteiger partial charge in [0.25, 0.3) is 0 Å². The van der Waals surface area contributed by atoms with E-state index in [1.807, 2.05) is 12.1 Å². The van der Waals surface area contributed by atoms with E-state index in [4.69, 9.17) is 0 Å². The maximum Gasteiger partial charge on any atom is 0.123 e. The smallest absolute Gasteiger partial charge is 0.123 e. The van der Waals surface area contributed by atoms with Crippen LogP contribution in [-0.2, 0) is 6.42 Å². The first-order valence-corrected chi connectivity index (χ1v) is 7.74. The van der Waals surface area contributed by atoms with Crippen LogP contribution in [0.4, 0.5) is 4.39 Å². The predicted molar refractivity (Wildman–Crippen MR) is 86.8 cm³/mol. The third-order valence-corrected chi connectivity index (χ3v) is 3.85. The molecule has 0 aliphatic rings. The Morgan fingerprint density at radius 1 is 1.05 bits per heavy atom. The Balaban J connectivity index is 1.89. The lowest BCUT2D eigenvalue weighted by Gasteiger charge is -2.23. The molecule has 0 spiro atoms. The first-order valence-electron chi connectivity index (χ1n) is 7.74. The van der Waals surface area contributed by atoms with Crippen LogP contribution in [0.25, 0.3) is 0 Å². The van der Waals surface area contributed by atoms with Crippen molar-refractivity contribution in [2.75, 3.05) is 0 Å². The molecule has 0 radical (unpaired) electrons. The summed E-state index contributed by atoms with van der Waals surface area (Å²) in [5.41, 5.74) is 2.40. The molecular weight excluding hydrogens is 261 g/mol. The van der Waals surface area contributed by atoms with E-state index in [0.717, 1.165) is 24.8 Å². The van der Waals surface area contributed by atoms with E-state index in [1.165, 1.54) is 11.6 Å². The van der Waals surface area contributed by atoms with Gasteiger partial charge in [0, 0.05) is 12.1 Å². The van der Waals surface area contributed by atoms with Crippen molar-refractivity contribution in [1.82, 2.24) is 5.32 Å². The van der Waals surface area contributed by atoms with Gasteiger partial charge in [0.2, 0.25) is 0 Å². The SMILES string of the molecule is CCC(NC(C)CCc1ccccc1)c1cccc(F)c1.